The van der Waals surface area contributed by atoms with Gasteiger partial charge < -0.3 is 4.74 Å². The van der Waals surface area contributed by atoms with Crippen LogP contribution in [0.15, 0.2) is 50.9 Å². The third-order valence-corrected chi connectivity index (χ3v) is 6.54. The lowest BCUT2D eigenvalue weighted by Gasteiger charge is -2.26. The molecule has 2 aromatic carbocycles. The van der Waals surface area contributed by atoms with E-state index in [-0.39, 0.29) is 48.1 Å². The van der Waals surface area contributed by atoms with Gasteiger partial charge in [-0.05, 0) is 24.3 Å². The van der Waals surface area contributed by atoms with Crippen LogP contribution < -0.4 is 5.43 Å². The van der Waals surface area contributed by atoms with Gasteiger partial charge in [0.15, 0.2) is 0 Å². The van der Waals surface area contributed by atoms with Crippen LogP contribution in [0.2, 0.25) is 0 Å². The smallest absolute Gasteiger partial charge is 0.270 e. The average Bonchev–Trinajstić information content (AvgIpc) is 2.71. The van der Waals surface area contributed by atoms with Crippen molar-refractivity contribution in [1.82, 2.24) is 4.31 Å². The second-order valence-corrected chi connectivity index (χ2v) is 8.81. The van der Waals surface area contributed by atoms with Gasteiger partial charge in [0.1, 0.15) is 10.7 Å². The molecule has 1 aliphatic rings. The van der Waals surface area contributed by atoms with Crippen LogP contribution in [0.1, 0.15) is 5.56 Å². The second kappa shape index (κ2) is 8.95. The molecule has 0 atom stereocenters. The van der Waals surface area contributed by atoms with Crippen molar-refractivity contribution in [3.05, 3.63) is 62.4 Å². The van der Waals surface area contributed by atoms with Crippen LogP contribution in [0.25, 0.3) is 0 Å². The van der Waals surface area contributed by atoms with E-state index in [0.717, 1.165) is 12.1 Å². The summed E-state index contributed by atoms with van der Waals surface area (Å²) in [5.41, 5.74) is 2.39. The summed E-state index contributed by atoms with van der Waals surface area (Å²) in [5, 5.41) is 15.0. The number of ether oxygens (including phenoxy) is 1. The Morgan fingerprint density at radius 3 is 2.66 bits per heavy atom. The minimum Gasteiger partial charge on any atom is -0.379 e. The Bertz CT molecular complexity index is 1060. The normalized spacial score (nSPS) is 15.5. The summed E-state index contributed by atoms with van der Waals surface area (Å²) in [4.78, 5) is 10.1. The number of sulfonamides is 1. The third-order valence-electron chi connectivity index (χ3n) is 4.11. The standard InChI is InChI=1S/C17H16BrFN4O5S/c18-13-1-3-15(19)12(9-13)11-20-21-16-4-2-14(23(24)25)10-17(16)29(26,27)22-5-7-28-8-6-22/h1-4,9-11,21H,5-8H2/b20-11+. The Morgan fingerprint density at radius 2 is 1.97 bits per heavy atom. The van der Waals surface area contributed by atoms with Gasteiger partial charge in [0.25, 0.3) is 5.69 Å². The first-order valence-electron chi connectivity index (χ1n) is 8.39. The fourth-order valence-electron chi connectivity index (χ4n) is 2.64. The minimum atomic E-state index is -4.03. The highest BCUT2D eigenvalue weighted by Gasteiger charge is 2.30. The minimum absolute atomic E-state index is 0.0359. The Balaban J connectivity index is 1.94. The van der Waals surface area contributed by atoms with E-state index in [1.165, 1.54) is 34.8 Å². The van der Waals surface area contributed by atoms with Gasteiger partial charge in [-0.25, -0.2) is 12.8 Å². The molecule has 0 spiro atoms. The topological polar surface area (TPSA) is 114 Å². The molecular weight excluding hydrogens is 471 g/mol. The van der Waals surface area contributed by atoms with Crippen molar-refractivity contribution in [3.8, 4) is 0 Å². The number of hydrogen-bond donors (Lipinski definition) is 1. The Hall–Kier alpha value is -2.41. The van der Waals surface area contributed by atoms with E-state index in [0.29, 0.717) is 4.47 Å². The molecule has 1 fully saturated rings. The summed E-state index contributed by atoms with van der Waals surface area (Å²) >= 11 is 3.23. The Labute approximate surface area is 174 Å². The molecule has 1 heterocycles. The van der Waals surface area contributed by atoms with Crippen molar-refractivity contribution in [3.63, 3.8) is 0 Å². The van der Waals surface area contributed by atoms with Crippen LogP contribution in [0.4, 0.5) is 15.8 Å². The lowest BCUT2D eigenvalue weighted by atomic mass is 10.2. The number of rotatable bonds is 6. The second-order valence-electron chi connectivity index (χ2n) is 5.99. The maximum absolute atomic E-state index is 13.8. The first kappa shape index (κ1) is 21.3. The number of hydrogen-bond acceptors (Lipinski definition) is 7. The fourth-order valence-corrected chi connectivity index (χ4v) is 4.59. The summed E-state index contributed by atoms with van der Waals surface area (Å²) in [6.45, 7) is 0.739. The number of morpholine rings is 1. The van der Waals surface area contributed by atoms with Crippen LogP contribution >= 0.6 is 15.9 Å². The Kier molecular flexibility index (Phi) is 6.57. The number of halogens is 2. The number of non-ortho nitro benzene ring substituents is 1. The molecule has 1 N–H and O–H groups in total. The van der Waals surface area contributed by atoms with Crippen molar-refractivity contribution in [2.45, 2.75) is 4.90 Å². The zero-order valence-electron chi connectivity index (χ0n) is 14.9. The van der Waals surface area contributed by atoms with E-state index in [1.807, 2.05) is 0 Å². The molecule has 0 unspecified atom stereocenters. The molecule has 9 nitrogen and oxygen atoms in total. The quantitative estimate of drug-likeness (QED) is 0.381. The lowest BCUT2D eigenvalue weighted by molar-refractivity contribution is -0.385. The summed E-state index contributed by atoms with van der Waals surface area (Å²) in [5.74, 6) is -0.511. The third kappa shape index (κ3) is 4.96. The molecule has 1 aliphatic heterocycles. The number of anilines is 1. The van der Waals surface area contributed by atoms with E-state index >= 15 is 0 Å². The zero-order valence-corrected chi connectivity index (χ0v) is 17.3. The molecule has 0 saturated carbocycles. The van der Waals surface area contributed by atoms with Crippen molar-refractivity contribution in [2.75, 3.05) is 31.7 Å². The molecule has 0 aliphatic carbocycles. The summed E-state index contributed by atoms with van der Waals surface area (Å²) < 4.78 is 46.8. The Morgan fingerprint density at radius 1 is 1.24 bits per heavy atom. The van der Waals surface area contributed by atoms with E-state index in [9.17, 15) is 22.9 Å². The maximum Gasteiger partial charge on any atom is 0.270 e. The van der Waals surface area contributed by atoms with Crippen LogP contribution in [0.3, 0.4) is 0 Å². The number of benzene rings is 2. The fraction of sp³-hybridized carbons (Fsp3) is 0.235. The molecule has 0 amide bonds. The molecular formula is C17H16BrFN4O5S. The highest BCUT2D eigenvalue weighted by Crippen LogP contribution is 2.29. The van der Waals surface area contributed by atoms with Crippen LogP contribution in [0.5, 0.6) is 0 Å². The molecule has 0 bridgehead atoms. The van der Waals surface area contributed by atoms with Crippen molar-refractivity contribution < 1.29 is 22.5 Å². The van der Waals surface area contributed by atoms with Gasteiger partial charge >= 0.3 is 0 Å². The highest BCUT2D eigenvalue weighted by molar-refractivity contribution is 9.10. The first-order valence-corrected chi connectivity index (χ1v) is 10.6. The van der Waals surface area contributed by atoms with Crippen LogP contribution in [0, 0.1) is 15.9 Å². The first-order chi connectivity index (χ1) is 13.8. The molecule has 1 saturated heterocycles. The number of nitro benzene ring substituents is 1. The average molecular weight is 487 g/mol. The van der Waals surface area contributed by atoms with Crippen molar-refractivity contribution in [2.24, 2.45) is 5.10 Å². The molecule has 29 heavy (non-hydrogen) atoms. The number of nitrogens with one attached hydrogen (secondary N) is 1. The highest BCUT2D eigenvalue weighted by atomic mass is 79.9. The predicted octanol–water partition coefficient (Wildman–Crippen LogP) is 2.96. The monoisotopic (exact) mass is 486 g/mol. The largest absolute Gasteiger partial charge is 0.379 e. The van der Waals surface area contributed by atoms with E-state index in [2.05, 4.69) is 26.5 Å². The lowest BCUT2D eigenvalue weighted by Crippen LogP contribution is -2.40. The van der Waals surface area contributed by atoms with Gasteiger partial charge in [-0.1, -0.05) is 15.9 Å². The van der Waals surface area contributed by atoms with E-state index in [4.69, 9.17) is 4.74 Å². The number of nitro groups is 1. The van der Waals surface area contributed by atoms with Crippen LogP contribution in [-0.2, 0) is 14.8 Å². The van der Waals surface area contributed by atoms with Crippen molar-refractivity contribution >= 4 is 43.5 Å². The molecule has 3 rings (SSSR count). The molecule has 2 aromatic rings. The zero-order chi connectivity index (χ0) is 21.0. The van der Waals surface area contributed by atoms with E-state index in [1.54, 1.807) is 0 Å². The number of hydrazone groups is 1. The molecule has 0 radical (unpaired) electrons. The van der Waals surface area contributed by atoms with Crippen molar-refractivity contribution in [1.29, 1.82) is 0 Å². The SMILES string of the molecule is O=[N+]([O-])c1ccc(N/N=C/c2cc(Br)ccc2F)c(S(=O)(=O)N2CCOCC2)c1. The maximum atomic E-state index is 13.8. The van der Waals surface area contributed by atoms with Gasteiger partial charge in [0.2, 0.25) is 10.0 Å². The van der Waals surface area contributed by atoms with Gasteiger partial charge in [-0.3, -0.25) is 15.5 Å². The van der Waals surface area contributed by atoms with Gasteiger partial charge in [-0.15, -0.1) is 0 Å². The molecule has 0 aromatic heterocycles. The summed E-state index contributed by atoms with van der Waals surface area (Å²) in [6, 6.07) is 7.68. The number of nitrogens with zero attached hydrogens (tertiary/aromatic N) is 3. The summed E-state index contributed by atoms with van der Waals surface area (Å²) in [6.07, 6.45) is 1.19. The summed E-state index contributed by atoms with van der Waals surface area (Å²) in [7, 11) is -4.03. The molecule has 12 heteroatoms. The van der Waals surface area contributed by atoms with Gasteiger partial charge in [0.05, 0.1) is 30.0 Å². The van der Waals surface area contributed by atoms with E-state index < -0.39 is 20.8 Å². The molecule has 154 valence electrons. The van der Waals surface area contributed by atoms with Gasteiger partial charge in [0, 0.05) is 35.3 Å². The predicted molar refractivity (Wildman–Crippen MR) is 108 cm³/mol. The van der Waals surface area contributed by atoms with Crippen LogP contribution in [-0.4, -0.2) is 50.2 Å². The van der Waals surface area contributed by atoms with Gasteiger partial charge in [-0.2, -0.15) is 9.41 Å².